The molecule has 0 amide bonds. The normalized spacial score (nSPS) is 13.3. The van der Waals surface area contributed by atoms with Crippen molar-refractivity contribution in [3.05, 3.63) is 59.2 Å². The molecule has 0 aliphatic rings. The molecule has 0 fully saturated rings. The van der Waals surface area contributed by atoms with E-state index in [0.29, 0.717) is 12.0 Å². The van der Waals surface area contributed by atoms with Crippen molar-refractivity contribution in [3.63, 3.8) is 0 Å². The van der Waals surface area contributed by atoms with Crippen molar-refractivity contribution in [2.24, 2.45) is 0 Å². The lowest BCUT2D eigenvalue weighted by molar-refractivity contribution is 0.327. The summed E-state index contributed by atoms with van der Waals surface area (Å²) < 4.78 is 22.7. The molecule has 2 aromatic carbocycles. The minimum absolute atomic E-state index is 0.0608. The number of phenols is 2. The topological polar surface area (TPSA) is 168 Å². The van der Waals surface area contributed by atoms with Gasteiger partial charge in [-0.15, -0.1) is 0 Å². The second-order valence-corrected chi connectivity index (χ2v) is 11.5. The summed E-state index contributed by atoms with van der Waals surface area (Å²) in [5.74, 6) is 0.255. The van der Waals surface area contributed by atoms with Crippen molar-refractivity contribution in [1.29, 1.82) is 0 Å². The predicted molar refractivity (Wildman–Crippen MR) is 128 cm³/mol. The number of aromatic hydroxyl groups is 2. The van der Waals surface area contributed by atoms with Crippen LogP contribution in [0.15, 0.2) is 42.5 Å². The summed E-state index contributed by atoms with van der Waals surface area (Å²) in [7, 11) is -10.1. The molecule has 0 aliphatic carbocycles. The Morgan fingerprint density at radius 1 is 0.848 bits per heavy atom. The van der Waals surface area contributed by atoms with Crippen LogP contribution in [0, 0.1) is 0 Å². The quantitative estimate of drug-likeness (QED) is 0.137. The van der Waals surface area contributed by atoms with Gasteiger partial charge in [-0.2, -0.15) is 0 Å². The van der Waals surface area contributed by atoms with Gasteiger partial charge in [0.1, 0.15) is 11.5 Å². The van der Waals surface area contributed by atoms with Crippen molar-refractivity contribution < 1.29 is 38.9 Å². The highest BCUT2D eigenvalue weighted by molar-refractivity contribution is 7.70. The van der Waals surface area contributed by atoms with Crippen LogP contribution in [0.4, 0.5) is 0 Å². The molecule has 0 aliphatic heterocycles. The molecule has 0 spiro atoms. The van der Waals surface area contributed by atoms with Crippen molar-refractivity contribution in [2.45, 2.75) is 45.1 Å². The van der Waals surface area contributed by atoms with Gasteiger partial charge in [-0.3, -0.25) is 14.4 Å². The molecule has 9 nitrogen and oxygen atoms in total. The average Bonchev–Trinajstić information content (AvgIpc) is 2.72. The Morgan fingerprint density at radius 2 is 1.36 bits per heavy atom. The summed E-state index contributed by atoms with van der Waals surface area (Å²) in [4.78, 5) is 36.7. The molecule has 2 rings (SSSR count). The number of rotatable bonds is 11. The van der Waals surface area contributed by atoms with E-state index in [1.54, 1.807) is 18.2 Å². The molecule has 0 saturated carbocycles. The summed E-state index contributed by atoms with van der Waals surface area (Å²) in [6, 6.07) is 12.2. The number of benzene rings is 2. The van der Waals surface area contributed by atoms with Crippen LogP contribution in [0.3, 0.4) is 0 Å². The lowest BCUT2D eigenvalue weighted by Gasteiger charge is -2.20. The van der Waals surface area contributed by atoms with E-state index in [2.05, 4.69) is 5.32 Å². The van der Waals surface area contributed by atoms with Gasteiger partial charge >= 0.3 is 15.2 Å². The third-order valence-corrected chi connectivity index (χ3v) is 8.75. The summed E-state index contributed by atoms with van der Waals surface area (Å²) in [6.07, 6.45) is 2.12. The average molecular weight is 499 g/mol. The van der Waals surface area contributed by atoms with Crippen molar-refractivity contribution in [3.8, 4) is 11.5 Å². The van der Waals surface area contributed by atoms with Crippen LogP contribution in [0.5, 0.6) is 11.5 Å². The smallest absolute Gasteiger partial charge is 0.354 e. The summed E-state index contributed by atoms with van der Waals surface area (Å²) in [5, 5.41) is 22.1. The fourth-order valence-electron chi connectivity index (χ4n) is 3.76. The lowest BCUT2D eigenvalue weighted by Crippen LogP contribution is -2.30. The minimum Gasteiger partial charge on any atom is -0.508 e. The van der Waals surface area contributed by atoms with Crippen molar-refractivity contribution in [1.82, 2.24) is 5.32 Å². The molecular formula is C22H31NO8P2. The van der Waals surface area contributed by atoms with E-state index in [9.17, 15) is 38.9 Å². The van der Waals surface area contributed by atoms with E-state index in [4.69, 9.17) is 0 Å². The Balaban J connectivity index is 2.23. The lowest BCUT2D eigenvalue weighted by atomic mass is 9.90. The Labute approximate surface area is 193 Å². The van der Waals surface area contributed by atoms with Crippen LogP contribution in [0.1, 0.15) is 49.8 Å². The van der Waals surface area contributed by atoms with Crippen LogP contribution >= 0.6 is 15.2 Å². The van der Waals surface area contributed by atoms with E-state index in [1.165, 1.54) is 0 Å². The molecule has 0 bridgehead atoms. The van der Waals surface area contributed by atoms with Crippen LogP contribution in [0.2, 0.25) is 0 Å². The molecule has 11 heteroatoms. The van der Waals surface area contributed by atoms with Crippen LogP contribution in [-0.4, -0.2) is 41.9 Å². The Kier molecular flexibility index (Phi) is 9.47. The monoisotopic (exact) mass is 499 g/mol. The minimum atomic E-state index is -5.04. The van der Waals surface area contributed by atoms with Crippen LogP contribution in [0.25, 0.3) is 11.1 Å². The number of allylic oxidation sites excluding steroid dienone is 2. The summed E-state index contributed by atoms with van der Waals surface area (Å²) >= 11 is 0. The van der Waals surface area contributed by atoms with Crippen molar-refractivity contribution in [2.75, 3.05) is 6.54 Å². The van der Waals surface area contributed by atoms with Gasteiger partial charge in [0.05, 0.1) is 0 Å². The zero-order valence-electron chi connectivity index (χ0n) is 18.5. The maximum absolute atomic E-state index is 11.4. The number of phenolic OH excluding ortho intramolecular Hbond substituents is 2. The van der Waals surface area contributed by atoms with Crippen LogP contribution < -0.4 is 5.32 Å². The highest BCUT2D eigenvalue weighted by Crippen LogP contribution is 2.58. The molecule has 0 radical (unpaired) electrons. The van der Waals surface area contributed by atoms with Gasteiger partial charge in [-0.1, -0.05) is 32.0 Å². The Hall–Kier alpha value is -1.96. The first-order chi connectivity index (χ1) is 15.4. The van der Waals surface area contributed by atoms with E-state index in [0.717, 1.165) is 35.1 Å². The molecular weight excluding hydrogens is 468 g/mol. The zero-order chi connectivity index (χ0) is 24.8. The van der Waals surface area contributed by atoms with E-state index in [1.807, 2.05) is 38.1 Å². The summed E-state index contributed by atoms with van der Waals surface area (Å²) in [6.45, 7) is 4.02. The van der Waals surface area contributed by atoms with Gasteiger partial charge < -0.3 is 29.8 Å². The molecule has 0 saturated heterocycles. The molecule has 0 unspecified atom stereocenters. The largest absolute Gasteiger partial charge is 0.508 e. The third kappa shape index (κ3) is 7.52. The molecule has 0 heterocycles. The molecule has 7 N–H and O–H groups in total. The highest BCUT2D eigenvalue weighted by Gasteiger charge is 2.42. The van der Waals surface area contributed by atoms with Gasteiger partial charge in [-0.05, 0) is 84.3 Å². The molecule has 182 valence electrons. The van der Waals surface area contributed by atoms with Gasteiger partial charge in [-0.25, -0.2) is 0 Å². The third-order valence-electron chi connectivity index (χ3n) is 5.30. The highest BCUT2D eigenvalue weighted by atomic mass is 31.2. The van der Waals surface area contributed by atoms with E-state index in [-0.39, 0.29) is 24.5 Å². The first-order valence-electron chi connectivity index (χ1n) is 10.6. The Morgan fingerprint density at radius 3 is 1.88 bits per heavy atom. The molecule has 33 heavy (non-hydrogen) atoms. The standard InChI is InChI=1S/C22H31NO8P2/c1-3-19(15-7-10-18(24)11-8-15)20(4-2)16-9-12-21(25)17(14-16)6-5-13-23-22(32(26,27)28)33(29,30)31/h7-12,14,22-25H,3-6,13H2,1-2H3,(H2,26,27,28)(H2,29,30,31)/b20-19+. The van der Waals surface area contributed by atoms with Gasteiger partial charge in [0.2, 0.25) is 5.52 Å². The maximum Gasteiger partial charge on any atom is 0.354 e. The molecule has 0 atom stereocenters. The molecule has 0 aromatic heterocycles. The Bertz CT molecular complexity index is 1050. The first kappa shape index (κ1) is 27.3. The van der Waals surface area contributed by atoms with E-state index < -0.39 is 20.7 Å². The van der Waals surface area contributed by atoms with Crippen LogP contribution in [-0.2, 0) is 15.6 Å². The maximum atomic E-state index is 11.4. The number of hydrogen-bond acceptors (Lipinski definition) is 5. The first-order valence-corrected chi connectivity index (χ1v) is 13.9. The van der Waals surface area contributed by atoms with Gasteiger partial charge in [0.15, 0.2) is 0 Å². The van der Waals surface area contributed by atoms with Gasteiger partial charge in [0.25, 0.3) is 0 Å². The number of nitrogens with one attached hydrogen (secondary N) is 1. The number of aryl methyl sites for hydroxylation is 1. The summed E-state index contributed by atoms with van der Waals surface area (Å²) in [5.41, 5.74) is 2.48. The fourth-order valence-corrected chi connectivity index (χ4v) is 6.06. The second-order valence-electron chi connectivity index (χ2n) is 7.66. The fraction of sp³-hybridized carbons (Fsp3) is 0.364. The zero-order valence-corrected chi connectivity index (χ0v) is 20.3. The SMILES string of the molecule is CC/C(=C(/CC)c1ccc(O)c(CCCNC(P(=O)(O)O)P(=O)(O)O)c1)c1ccc(O)cc1. The second kappa shape index (κ2) is 11.4. The molecule has 2 aromatic rings. The van der Waals surface area contributed by atoms with E-state index >= 15 is 0 Å². The number of hydrogen-bond donors (Lipinski definition) is 7. The van der Waals surface area contributed by atoms with Crippen molar-refractivity contribution >= 4 is 26.3 Å². The predicted octanol–water partition coefficient (Wildman–Crippen LogP) is 3.99. The van der Waals surface area contributed by atoms with Gasteiger partial charge in [0, 0.05) is 0 Å².